The van der Waals surface area contributed by atoms with Crippen LogP contribution >= 0.6 is 11.3 Å². The van der Waals surface area contributed by atoms with Gasteiger partial charge in [-0.05, 0) is 33.8 Å². The molecule has 3 aromatic heterocycles. The van der Waals surface area contributed by atoms with Gasteiger partial charge in [0.15, 0.2) is 0 Å². The fourth-order valence-corrected chi connectivity index (χ4v) is 3.07. The van der Waals surface area contributed by atoms with E-state index in [9.17, 15) is 4.79 Å². The molecule has 3 heterocycles. The minimum Gasteiger partial charge on any atom is -0.402 e. The van der Waals surface area contributed by atoms with Gasteiger partial charge in [-0.25, -0.2) is 4.98 Å². The van der Waals surface area contributed by atoms with Crippen LogP contribution in [0.2, 0.25) is 0 Å². The Labute approximate surface area is 136 Å². The van der Waals surface area contributed by atoms with Gasteiger partial charge < -0.3 is 4.42 Å². The molecule has 3 aromatic rings. The Hall–Kier alpha value is -2.55. The number of nitrogens with zero attached hydrogens (tertiary/aromatic N) is 5. The van der Waals surface area contributed by atoms with Gasteiger partial charge in [-0.3, -0.25) is 14.8 Å². The number of nitrogens with one attached hydrogen (secondary N) is 1. The molecule has 0 aromatic carbocycles. The highest BCUT2D eigenvalue weighted by Gasteiger charge is 2.18. The Balaban J connectivity index is 1.81. The van der Waals surface area contributed by atoms with E-state index in [0.717, 1.165) is 21.3 Å². The van der Waals surface area contributed by atoms with Crippen molar-refractivity contribution in [2.24, 2.45) is 0 Å². The van der Waals surface area contributed by atoms with Crippen LogP contribution < -0.4 is 5.32 Å². The van der Waals surface area contributed by atoms with Crippen LogP contribution in [-0.2, 0) is 6.54 Å². The molecule has 3 rings (SSSR count). The summed E-state index contributed by atoms with van der Waals surface area (Å²) in [6, 6.07) is 1.77. The summed E-state index contributed by atoms with van der Waals surface area (Å²) in [5.74, 6) is 0.0171. The molecule has 0 aliphatic carbocycles. The molecular formula is C14H16N6O2S. The molecular weight excluding hydrogens is 316 g/mol. The normalized spacial score (nSPS) is 11.0. The van der Waals surface area contributed by atoms with Crippen molar-refractivity contribution in [3.63, 3.8) is 0 Å². The van der Waals surface area contributed by atoms with Crippen LogP contribution in [0.25, 0.3) is 10.8 Å². The summed E-state index contributed by atoms with van der Waals surface area (Å²) in [7, 11) is 0. The second-order valence-corrected chi connectivity index (χ2v) is 6.20. The topological polar surface area (TPSA) is 98.7 Å². The molecule has 0 fully saturated rings. The summed E-state index contributed by atoms with van der Waals surface area (Å²) in [5.41, 5.74) is 2.06. The first-order chi connectivity index (χ1) is 11.0. The van der Waals surface area contributed by atoms with Crippen molar-refractivity contribution < 1.29 is 9.21 Å². The zero-order valence-corrected chi connectivity index (χ0v) is 14.1. The first-order valence-corrected chi connectivity index (χ1v) is 7.93. The van der Waals surface area contributed by atoms with Gasteiger partial charge in [-0.15, -0.1) is 16.4 Å². The van der Waals surface area contributed by atoms with E-state index in [1.807, 2.05) is 27.7 Å². The number of rotatable bonds is 4. The van der Waals surface area contributed by atoms with Gasteiger partial charge in [0.1, 0.15) is 10.6 Å². The fourth-order valence-electron chi connectivity index (χ4n) is 2.23. The Bertz CT molecular complexity index is 863. The van der Waals surface area contributed by atoms with E-state index in [1.54, 1.807) is 10.7 Å². The molecule has 0 radical (unpaired) electrons. The number of aromatic nitrogens is 5. The van der Waals surface area contributed by atoms with Gasteiger partial charge >= 0.3 is 6.01 Å². The first kappa shape index (κ1) is 15.3. The minimum absolute atomic E-state index is 0.0527. The van der Waals surface area contributed by atoms with Crippen LogP contribution in [0.15, 0.2) is 10.5 Å². The predicted octanol–water partition coefficient (Wildman–Crippen LogP) is 2.59. The van der Waals surface area contributed by atoms with Crippen LogP contribution in [0.5, 0.6) is 0 Å². The van der Waals surface area contributed by atoms with E-state index < -0.39 is 0 Å². The maximum atomic E-state index is 12.3. The minimum atomic E-state index is -0.333. The van der Waals surface area contributed by atoms with Crippen molar-refractivity contribution in [2.45, 2.75) is 34.2 Å². The van der Waals surface area contributed by atoms with Crippen molar-refractivity contribution in [1.82, 2.24) is 25.0 Å². The smallest absolute Gasteiger partial charge is 0.322 e. The predicted molar refractivity (Wildman–Crippen MR) is 85.5 cm³/mol. The monoisotopic (exact) mass is 332 g/mol. The number of hydrogen-bond acceptors (Lipinski definition) is 7. The number of hydrogen-bond donors (Lipinski definition) is 1. The number of aryl methyl sites for hydroxylation is 4. The lowest BCUT2D eigenvalue weighted by atomic mass is 10.3. The van der Waals surface area contributed by atoms with Crippen molar-refractivity contribution in [3.05, 3.63) is 28.2 Å². The molecule has 0 spiro atoms. The summed E-state index contributed by atoms with van der Waals surface area (Å²) in [6.07, 6.45) is 0. The number of carbonyl (C=O) groups excluding carboxylic acids is 1. The average molecular weight is 332 g/mol. The number of anilines is 1. The van der Waals surface area contributed by atoms with Crippen LogP contribution in [0.3, 0.4) is 0 Å². The standard InChI is InChI=1S/C14H16N6O2S/c1-5-20-10(6-7(2)19-20)12(21)16-14-18-17-13(22-14)11-8(3)15-9(4)23-11/h6H,5H2,1-4H3,(H,16,18,21). The van der Waals surface area contributed by atoms with E-state index in [4.69, 9.17) is 4.42 Å². The Kier molecular flexibility index (Phi) is 3.95. The molecule has 0 saturated heterocycles. The van der Waals surface area contributed by atoms with Gasteiger partial charge in [-0.2, -0.15) is 5.10 Å². The largest absolute Gasteiger partial charge is 0.402 e. The van der Waals surface area contributed by atoms with Crippen LogP contribution in [0, 0.1) is 20.8 Å². The maximum absolute atomic E-state index is 12.3. The average Bonchev–Trinajstić information content (AvgIpc) is 3.18. The third kappa shape index (κ3) is 3.00. The van der Waals surface area contributed by atoms with Gasteiger partial charge in [0.2, 0.25) is 0 Å². The SMILES string of the molecule is CCn1nc(C)cc1C(=O)Nc1nnc(-c2sc(C)nc2C)o1. The quantitative estimate of drug-likeness (QED) is 0.788. The molecule has 0 aliphatic heterocycles. The van der Waals surface area contributed by atoms with Crippen molar-refractivity contribution >= 4 is 23.3 Å². The zero-order chi connectivity index (χ0) is 16.6. The molecule has 0 atom stereocenters. The van der Waals surface area contributed by atoms with E-state index in [0.29, 0.717) is 18.1 Å². The fraction of sp³-hybridized carbons (Fsp3) is 0.357. The van der Waals surface area contributed by atoms with Crippen LogP contribution in [0.1, 0.15) is 33.8 Å². The van der Waals surface area contributed by atoms with Crippen LogP contribution in [-0.4, -0.2) is 30.9 Å². The number of amides is 1. The van der Waals surface area contributed by atoms with Gasteiger partial charge in [-0.1, -0.05) is 5.10 Å². The Morgan fingerprint density at radius 2 is 2.13 bits per heavy atom. The van der Waals surface area contributed by atoms with E-state index in [1.165, 1.54) is 11.3 Å². The Morgan fingerprint density at radius 3 is 2.78 bits per heavy atom. The molecule has 9 heteroatoms. The summed E-state index contributed by atoms with van der Waals surface area (Å²) >= 11 is 1.47. The third-order valence-corrected chi connectivity index (χ3v) is 4.24. The second-order valence-electron chi connectivity index (χ2n) is 5.00. The number of carbonyl (C=O) groups is 1. The van der Waals surface area contributed by atoms with Gasteiger partial charge in [0, 0.05) is 6.54 Å². The molecule has 1 N–H and O–H groups in total. The van der Waals surface area contributed by atoms with E-state index in [2.05, 4.69) is 25.6 Å². The highest BCUT2D eigenvalue weighted by atomic mass is 32.1. The van der Waals surface area contributed by atoms with Crippen molar-refractivity contribution in [2.75, 3.05) is 5.32 Å². The molecule has 0 saturated carbocycles. The van der Waals surface area contributed by atoms with E-state index in [-0.39, 0.29) is 11.9 Å². The van der Waals surface area contributed by atoms with Crippen molar-refractivity contribution in [3.8, 4) is 10.8 Å². The lowest BCUT2D eigenvalue weighted by Gasteiger charge is -2.02. The third-order valence-electron chi connectivity index (χ3n) is 3.18. The molecule has 8 nitrogen and oxygen atoms in total. The molecule has 0 unspecified atom stereocenters. The summed E-state index contributed by atoms with van der Waals surface area (Å²) < 4.78 is 7.15. The summed E-state index contributed by atoms with van der Waals surface area (Å²) in [4.78, 5) is 17.4. The summed E-state index contributed by atoms with van der Waals surface area (Å²) in [5, 5.41) is 15.6. The molecule has 0 bridgehead atoms. The second kappa shape index (κ2) is 5.92. The number of thiazole rings is 1. The molecule has 0 aliphatic rings. The maximum Gasteiger partial charge on any atom is 0.322 e. The molecule has 23 heavy (non-hydrogen) atoms. The van der Waals surface area contributed by atoms with Gasteiger partial charge in [0.25, 0.3) is 11.8 Å². The molecule has 120 valence electrons. The lowest BCUT2D eigenvalue weighted by Crippen LogP contribution is -2.17. The lowest BCUT2D eigenvalue weighted by molar-refractivity contribution is 0.101. The summed E-state index contributed by atoms with van der Waals surface area (Å²) in [6.45, 7) is 8.15. The Morgan fingerprint density at radius 1 is 1.35 bits per heavy atom. The highest BCUT2D eigenvalue weighted by Crippen LogP contribution is 2.29. The van der Waals surface area contributed by atoms with E-state index >= 15 is 0 Å². The van der Waals surface area contributed by atoms with Crippen LogP contribution in [0.4, 0.5) is 6.01 Å². The highest BCUT2D eigenvalue weighted by molar-refractivity contribution is 7.15. The zero-order valence-electron chi connectivity index (χ0n) is 13.2. The molecule has 1 amide bonds. The van der Waals surface area contributed by atoms with Gasteiger partial charge in [0.05, 0.1) is 16.4 Å². The van der Waals surface area contributed by atoms with Crippen molar-refractivity contribution in [1.29, 1.82) is 0 Å². The first-order valence-electron chi connectivity index (χ1n) is 7.11.